The van der Waals surface area contributed by atoms with Crippen LogP contribution < -0.4 is 9.47 Å². The lowest BCUT2D eigenvalue weighted by Crippen LogP contribution is -2.01. The van der Waals surface area contributed by atoms with Gasteiger partial charge in [0.25, 0.3) is 0 Å². The minimum atomic E-state index is -1.02. The molecule has 4 nitrogen and oxygen atoms in total. The van der Waals surface area contributed by atoms with Crippen LogP contribution in [-0.4, -0.2) is 18.2 Å². The Balaban J connectivity index is 2.44. The molecule has 0 bridgehead atoms. The summed E-state index contributed by atoms with van der Waals surface area (Å²) in [6.07, 6.45) is 0. The number of carbonyl (C=O) groups is 1. The van der Waals surface area contributed by atoms with Gasteiger partial charge in [-0.3, -0.25) is 0 Å². The molecule has 2 aromatic carbocycles. The van der Waals surface area contributed by atoms with Crippen LogP contribution >= 0.6 is 0 Å². The van der Waals surface area contributed by atoms with E-state index in [2.05, 4.69) is 0 Å². The van der Waals surface area contributed by atoms with Crippen molar-refractivity contribution in [3.05, 3.63) is 53.1 Å². The average molecular weight is 272 g/mol. The number of hydrogen-bond donors (Lipinski definition) is 1. The van der Waals surface area contributed by atoms with Gasteiger partial charge in [-0.05, 0) is 49.2 Å². The van der Waals surface area contributed by atoms with E-state index in [4.69, 9.17) is 9.47 Å². The van der Waals surface area contributed by atoms with Crippen molar-refractivity contribution in [2.75, 3.05) is 7.11 Å². The predicted molar refractivity (Wildman–Crippen MR) is 75.9 cm³/mol. The van der Waals surface area contributed by atoms with Crippen LogP contribution in [0.3, 0.4) is 0 Å². The number of aryl methyl sites for hydroxylation is 2. The number of ether oxygens (including phenoxy) is 2. The van der Waals surface area contributed by atoms with Gasteiger partial charge in [0.1, 0.15) is 11.3 Å². The van der Waals surface area contributed by atoms with Crippen LogP contribution in [0.2, 0.25) is 0 Å². The van der Waals surface area contributed by atoms with Crippen LogP contribution in [0, 0.1) is 13.8 Å². The Morgan fingerprint density at radius 3 is 2.15 bits per heavy atom. The van der Waals surface area contributed by atoms with E-state index >= 15 is 0 Å². The van der Waals surface area contributed by atoms with Crippen LogP contribution in [-0.2, 0) is 0 Å². The Labute approximate surface area is 117 Å². The molecule has 0 spiro atoms. The molecular weight excluding hydrogens is 256 g/mol. The van der Waals surface area contributed by atoms with Gasteiger partial charge < -0.3 is 14.6 Å². The number of carboxylic acids is 1. The molecule has 1 N–H and O–H groups in total. The van der Waals surface area contributed by atoms with Gasteiger partial charge in [0, 0.05) is 0 Å². The standard InChI is InChI=1S/C16H16O4/c1-10-4-6-12(16(17)18)14(8-10)20-13-7-5-11(2)9-15(13)19-3/h4-9H,1-3H3,(H,17,18). The summed E-state index contributed by atoms with van der Waals surface area (Å²) >= 11 is 0. The number of hydrogen-bond acceptors (Lipinski definition) is 3. The molecule has 0 unspecified atom stereocenters. The highest BCUT2D eigenvalue weighted by Gasteiger charge is 2.14. The van der Waals surface area contributed by atoms with Crippen LogP contribution in [0.15, 0.2) is 36.4 Å². The second kappa shape index (κ2) is 5.65. The van der Waals surface area contributed by atoms with Gasteiger partial charge in [0.2, 0.25) is 0 Å². The Morgan fingerprint density at radius 1 is 0.950 bits per heavy atom. The monoisotopic (exact) mass is 272 g/mol. The first-order valence-electron chi connectivity index (χ1n) is 6.17. The fraction of sp³-hybridized carbons (Fsp3) is 0.188. The number of methoxy groups -OCH3 is 1. The van der Waals surface area contributed by atoms with Crippen molar-refractivity contribution in [2.24, 2.45) is 0 Å². The lowest BCUT2D eigenvalue weighted by Gasteiger charge is -2.13. The van der Waals surface area contributed by atoms with E-state index in [1.807, 2.05) is 26.0 Å². The van der Waals surface area contributed by atoms with E-state index in [0.717, 1.165) is 11.1 Å². The van der Waals surface area contributed by atoms with Gasteiger partial charge in [-0.15, -0.1) is 0 Å². The Morgan fingerprint density at radius 2 is 1.55 bits per heavy atom. The van der Waals surface area contributed by atoms with Crippen molar-refractivity contribution in [1.82, 2.24) is 0 Å². The highest BCUT2D eigenvalue weighted by molar-refractivity contribution is 5.91. The first kappa shape index (κ1) is 13.9. The summed E-state index contributed by atoms with van der Waals surface area (Å²) in [6, 6.07) is 10.5. The highest BCUT2D eigenvalue weighted by atomic mass is 16.5. The van der Waals surface area contributed by atoms with Crippen molar-refractivity contribution in [1.29, 1.82) is 0 Å². The molecule has 0 heterocycles. The third-order valence-corrected chi connectivity index (χ3v) is 2.91. The Bertz CT molecular complexity index is 647. The molecule has 0 aliphatic carbocycles. The molecule has 0 amide bonds. The van der Waals surface area contributed by atoms with Crippen LogP contribution in [0.4, 0.5) is 0 Å². The van der Waals surface area contributed by atoms with Gasteiger partial charge in [-0.2, -0.15) is 0 Å². The first-order valence-corrected chi connectivity index (χ1v) is 6.17. The van der Waals surface area contributed by atoms with Crippen molar-refractivity contribution >= 4 is 5.97 Å². The second-order valence-electron chi connectivity index (χ2n) is 4.56. The van der Waals surface area contributed by atoms with Crippen LogP contribution in [0.25, 0.3) is 0 Å². The van der Waals surface area contributed by atoms with Crippen LogP contribution in [0.5, 0.6) is 17.2 Å². The molecule has 0 saturated heterocycles. The predicted octanol–water partition coefficient (Wildman–Crippen LogP) is 3.80. The summed E-state index contributed by atoms with van der Waals surface area (Å²) in [5.74, 6) is 0.347. The number of benzene rings is 2. The Kier molecular flexibility index (Phi) is 3.94. The van der Waals surface area contributed by atoms with Crippen molar-refractivity contribution in [3.8, 4) is 17.2 Å². The zero-order valence-corrected chi connectivity index (χ0v) is 11.6. The molecule has 2 rings (SSSR count). The molecule has 2 aromatic rings. The smallest absolute Gasteiger partial charge is 0.339 e. The molecule has 0 radical (unpaired) electrons. The summed E-state index contributed by atoms with van der Waals surface area (Å²) in [6.45, 7) is 3.83. The zero-order valence-electron chi connectivity index (χ0n) is 11.6. The molecule has 20 heavy (non-hydrogen) atoms. The van der Waals surface area contributed by atoms with E-state index in [1.54, 1.807) is 25.3 Å². The van der Waals surface area contributed by atoms with Gasteiger partial charge in [0.15, 0.2) is 11.5 Å². The largest absolute Gasteiger partial charge is 0.493 e. The molecule has 0 aliphatic heterocycles. The molecule has 0 aliphatic rings. The summed E-state index contributed by atoms with van der Waals surface area (Å²) < 4.78 is 11.0. The molecular formula is C16H16O4. The average Bonchev–Trinajstić information content (AvgIpc) is 2.40. The van der Waals surface area contributed by atoms with Gasteiger partial charge in [-0.1, -0.05) is 12.1 Å². The van der Waals surface area contributed by atoms with Gasteiger partial charge in [0.05, 0.1) is 7.11 Å². The topological polar surface area (TPSA) is 55.8 Å². The maximum Gasteiger partial charge on any atom is 0.339 e. The van der Waals surface area contributed by atoms with Crippen molar-refractivity contribution in [3.63, 3.8) is 0 Å². The van der Waals surface area contributed by atoms with E-state index < -0.39 is 5.97 Å². The zero-order chi connectivity index (χ0) is 14.7. The van der Waals surface area contributed by atoms with E-state index in [1.165, 1.54) is 6.07 Å². The number of rotatable bonds is 4. The lowest BCUT2D eigenvalue weighted by atomic mass is 10.1. The molecule has 0 fully saturated rings. The molecule has 0 atom stereocenters. The van der Waals surface area contributed by atoms with Crippen molar-refractivity contribution in [2.45, 2.75) is 13.8 Å². The fourth-order valence-electron chi connectivity index (χ4n) is 1.87. The van der Waals surface area contributed by atoms with Gasteiger partial charge in [-0.25, -0.2) is 4.79 Å². The quantitative estimate of drug-likeness (QED) is 0.919. The second-order valence-corrected chi connectivity index (χ2v) is 4.56. The van der Waals surface area contributed by atoms with E-state index in [0.29, 0.717) is 17.2 Å². The molecule has 4 heteroatoms. The normalized spacial score (nSPS) is 10.2. The molecule has 0 aromatic heterocycles. The lowest BCUT2D eigenvalue weighted by molar-refractivity contribution is 0.0694. The maximum absolute atomic E-state index is 11.2. The molecule has 104 valence electrons. The third-order valence-electron chi connectivity index (χ3n) is 2.91. The van der Waals surface area contributed by atoms with Crippen molar-refractivity contribution < 1.29 is 19.4 Å². The Hall–Kier alpha value is -2.49. The number of carboxylic acid groups (broad SMARTS) is 1. The maximum atomic E-state index is 11.2. The summed E-state index contributed by atoms with van der Waals surface area (Å²) in [4.78, 5) is 11.2. The first-order chi connectivity index (χ1) is 9.51. The highest BCUT2D eigenvalue weighted by Crippen LogP contribution is 2.34. The third kappa shape index (κ3) is 2.91. The summed E-state index contributed by atoms with van der Waals surface area (Å²) in [5.41, 5.74) is 2.09. The van der Waals surface area contributed by atoms with E-state index in [-0.39, 0.29) is 5.56 Å². The van der Waals surface area contributed by atoms with Crippen LogP contribution in [0.1, 0.15) is 21.5 Å². The minimum Gasteiger partial charge on any atom is -0.493 e. The fourth-order valence-corrected chi connectivity index (χ4v) is 1.87. The number of aromatic carboxylic acids is 1. The van der Waals surface area contributed by atoms with Gasteiger partial charge >= 0.3 is 5.97 Å². The molecule has 0 saturated carbocycles. The minimum absolute atomic E-state index is 0.123. The summed E-state index contributed by atoms with van der Waals surface area (Å²) in [5, 5.41) is 9.19. The SMILES string of the molecule is COc1cc(C)ccc1Oc1cc(C)ccc1C(=O)O. The summed E-state index contributed by atoms with van der Waals surface area (Å²) in [7, 11) is 1.55. The van der Waals surface area contributed by atoms with E-state index in [9.17, 15) is 9.90 Å².